The van der Waals surface area contributed by atoms with Gasteiger partial charge in [-0.25, -0.2) is 0 Å². The van der Waals surface area contributed by atoms with Gasteiger partial charge in [0.05, 0.1) is 17.3 Å². The van der Waals surface area contributed by atoms with Crippen LogP contribution in [0, 0.1) is 0 Å². The van der Waals surface area contributed by atoms with Crippen LogP contribution in [0.2, 0.25) is 5.02 Å². The van der Waals surface area contributed by atoms with Crippen LogP contribution in [-0.2, 0) is 11.3 Å². The first-order chi connectivity index (χ1) is 8.95. The van der Waals surface area contributed by atoms with Gasteiger partial charge < -0.3 is 15.5 Å². The summed E-state index contributed by atoms with van der Waals surface area (Å²) in [4.78, 5) is 13.3. The third-order valence-electron chi connectivity index (χ3n) is 2.81. The maximum atomic E-state index is 11.5. The molecule has 0 unspecified atom stereocenters. The van der Waals surface area contributed by atoms with E-state index in [2.05, 4.69) is 24.5 Å². The molecule has 0 fully saturated rings. The highest BCUT2D eigenvalue weighted by Gasteiger charge is 2.14. The third kappa shape index (κ3) is 4.73. The fraction of sp³-hybridized carbons (Fsp3) is 0.500. The number of halogens is 1. The molecule has 0 saturated heterocycles. The van der Waals surface area contributed by atoms with E-state index in [1.807, 2.05) is 30.1 Å². The minimum Gasteiger partial charge on any atom is -0.364 e. The molecular weight excluding hydrogens is 262 g/mol. The summed E-state index contributed by atoms with van der Waals surface area (Å²) in [6.07, 6.45) is 0. The van der Waals surface area contributed by atoms with E-state index >= 15 is 0 Å². The topological polar surface area (TPSA) is 44.4 Å². The van der Waals surface area contributed by atoms with Crippen LogP contribution in [0.5, 0.6) is 0 Å². The van der Waals surface area contributed by atoms with Crippen molar-refractivity contribution in [3.8, 4) is 0 Å². The maximum Gasteiger partial charge on any atom is 0.239 e. The molecule has 0 spiro atoms. The van der Waals surface area contributed by atoms with Crippen molar-refractivity contribution < 1.29 is 4.79 Å². The van der Waals surface area contributed by atoms with E-state index in [1.165, 1.54) is 0 Å². The molecule has 0 aliphatic heterocycles. The number of hydrogen-bond acceptors (Lipinski definition) is 3. The number of rotatable bonds is 6. The van der Waals surface area contributed by atoms with E-state index in [4.69, 9.17) is 11.6 Å². The van der Waals surface area contributed by atoms with Crippen molar-refractivity contribution in [2.45, 2.75) is 26.4 Å². The SMILES string of the molecule is CNC(=O)CN(C)c1c(Cl)cccc1CNC(C)C. The minimum atomic E-state index is -0.0369. The number of carbonyl (C=O) groups is 1. The van der Waals surface area contributed by atoms with Gasteiger partial charge in [-0.05, 0) is 11.6 Å². The Balaban J connectivity index is 2.93. The van der Waals surface area contributed by atoms with Crippen LogP contribution < -0.4 is 15.5 Å². The molecule has 106 valence electrons. The number of anilines is 1. The molecule has 0 bridgehead atoms. The van der Waals surface area contributed by atoms with E-state index in [0.29, 0.717) is 11.1 Å². The number of para-hydroxylation sites is 1. The van der Waals surface area contributed by atoms with Gasteiger partial charge in [-0.15, -0.1) is 0 Å². The Morgan fingerprint density at radius 3 is 2.68 bits per heavy atom. The van der Waals surface area contributed by atoms with Gasteiger partial charge in [-0.1, -0.05) is 37.6 Å². The Hall–Kier alpha value is -1.26. The second kappa shape index (κ2) is 7.36. The average molecular weight is 284 g/mol. The monoisotopic (exact) mass is 283 g/mol. The maximum absolute atomic E-state index is 11.5. The normalized spacial score (nSPS) is 10.6. The second-order valence-corrected chi connectivity index (χ2v) is 5.22. The molecule has 4 nitrogen and oxygen atoms in total. The van der Waals surface area contributed by atoms with Gasteiger partial charge in [0.2, 0.25) is 5.91 Å². The predicted molar refractivity (Wildman–Crippen MR) is 80.8 cm³/mol. The van der Waals surface area contributed by atoms with E-state index in [-0.39, 0.29) is 12.5 Å². The first kappa shape index (κ1) is 15.8. The Morgan fingerprint density at radius 2 is 2.11 bits per heavy atom. The fourth-order valence-electron chi connectivity index (χ4n) is 1.82. The predicted octanol–water partition coefficient (Wildman–Crippen LogP) is 2.02. The first-order valence-corrected chi connectivity index (χ1v) is 6.76. The molecule has 19 heavy (non-hydrogen) atoms. The van der Waals surface area contributed by atoms with Crippen LogP contribution in [0.3, 0.4) is 0 Å². The second-order valence-electron chi connectivity index (χ2n) is 4.81. The minimum absolute atomic E-state index is 0.0369. The van der Waals surface area contributed by atoms with Crippen molar-refractivity contribution in [2.24, 2.45) is 0 Å². The lowest BCUT2D eigenvalue weighted by Crippen LogP contribution is -2.34. The van der Waals surface area contributed by atoms with Gasteiger partial charge in [-0.3, -0.25) is 4.79 Å². The summed E-state index contributed by atoms with van der Waals surface area (Å²) in [7, 11) is 3.50. The third-order valence-corrected chi connectivity index (χ3v) is 3.12. The molecule has 5 heteroatoms. The van der Waals surface area contributed by atoms with Crippen molar-refractivity contribution in [1.29, 1.82) is 0 Å². The number of benzene rings is 1. The molecule has 1 aromatic rings. The Morgan fingerprint density at radius 1 is 1.42 bits per heavy atom. The molecule has 1 amide bonds. The molecule has 0 aromatic heterocycles. The Labute approximate surface area is 120 Å². The van der Waals surface area contributed by atoms with Crippen molar-refractivity contribution in [3.05, 3.63) is 28.8 Å². The van der Waals surface area contributed by atoms with E-state index in [1.54, 1.807) is 7.05 Å². The van der Waals surface area contributed by atoms with Gasteiger partial charge in [0, 0.05) is 26.7 Å². The average Bonchev–Trinajstić information content (AvgIpc) is 2.35. The van der Waals surface area contributed by atoms with Crippen LogP contribution in [-0.4, -0.2) is 32.6 Å². The highest BCUT2D eigenvalue weighted by Crippen LogP contribution is 2.29. The summed E-state index contributed by atoms with van der Waals surface area (Å²) >= 11 is 6.27. The number of carbonyl (C=O) groups excluding carboxylic acids is 1. The molecule has 0 heterocycles. The lowest BCUT2D eigenvalue weighted by atomic mass is 10.1. The molecular formula is C14H22ClN3O. The summed E-state index contributed by atoms with van der Waals surface area (Å²) in [6.45, 7) is 5.21. The molecule has 0 radical (unpaired) electrons. The van der Waals surface area contributed by atoms with Gasteiger partial charge in [0.25, 0.3) is 0 Å². The Kier molecular flexibility index (Phi) is 6.12. The van der Waals surface area contributed by atoms with E-state index in [9.17, 15) is 4.79 Å². The van der Waals surface area contributed by atoms with Crippen molar-refractivity contribution in [2.75, 3.05) is 25.5 Å². The van der Waals surface area contributed by atoms with Crippen LogP contribution in [0.25, 0.3) is 0 Å². The zero-order valence-corrected chi connectivity index (χ0v) is 12.7. The van der Waals surface area contributed by atoms with Crippen LogP contribution in [0.15, 0.2) is 18.2 Å². The molecule has 1 aromatic carbocycles. The van der Waals surface area contributed by atoms with Crippen LogP contribution >= 0.6 is 11.6 Å². The first-order valence-electron chi connectivity index (χ1n) is 6.38. The number of amides is 1. The fourth-order valence-corrected chi connectivity index (χ4v) is 2.16. The smallest absolute Gasteiger partial charge is 0.239 e. The summed E-state index contributed by atoms with van der Waals surface area (Å²) in [5.41, 5.74) is 1.99. The van der Waals surface area contributed by atoms with Crippen molar-refractivity contribution in [3.63, 3.8) is 0 Å². The quantitative estimate of drug-likeness (QED) is 0.840. The summed E-state index contributed by atoms with van der Waals surface area (Å²) in [6, 6.07) is 6.19. The summed E-state index contributed by atoms with van der Waals surface area (Å²) in [5, 5.41) is 6.64. The lowest BCUT2D eigenvalue weighted by Gasteiger charge is -2.23. The van der Waals surface area contributed by atoms with Gasteiger partial charge >= 0.3 is 0 Å². The zero-order valence-electron chi connectivity index (χ0n) is 12.0. The summed E-state index contributed by atoms with van der Waals surface area (Å²) in [5.74, 6) is -0.0369. The molecule has 0 aliphatic carbocycles. The van der Waals surface area contributed by atoms with Gasteiger partial charge in [-0.2, -0.15) is 0 Å². The molecule has 0 aliphatic rings. The highest BCUT2D eigenvalue weighted by molar-refractivity contribution is 6.33. The number of hydrogen-bond donors (Lipinski definition) is 2. The highest BCUT2D eigenvalue weighted by atomic mass is 35.5. The lowest BCUT2D eigenvalue weighted by molar-refractivity contribution is -0.119. The number of nitrogens with zero attached hydrogens (tertiary/aromatic N) is 1. The molecule has 2 N–H and O–H groups in total. The number of nitrogens with one attached hydrogen (secondary N) is 2. The van der Waals surface area contributed by atoms with Gasteiger partial charge in [0.15, 0.2) is 0 Å². The molecule has 1 rings (SSSR count). The molecule has 0 atom stereocenters. The Bertz CT molecular complexity index is 435. The van der Waals surface area contributed by atoms with E-state index < -0.39 is 0 Å². The van der Waals surface area contributed by atoms with Crippen LogP contribution in [0.4, 0.5) is 5.69 Å². The van der Waals surface area contributed by atoms with Crippen LogP contribution in [0.1, 0.15) is 19.4 Å². The summed E-state index contributed by atoms with van der Waals surface area (Å²) < 4.78 is 0. The number of likely N-dealkylation sites (N-methyl/N-ethyl adjacent to an activating group) is 2. The molecule has 0 saturated carbocycles. The zero-order chi connectivity index (χ0) is 14.4. The van der Waals surface area contributed by atoms with E-state index in [0.717, 1.165) is 17.8 Å². The standard InChI is InChI=1S/C14H22ClN3O/c1-10(2)17-8-11-6-5-7-12(15)14(11)18(4)9-13(19)16-3/h5-7,10,17H,8-9H2,1-4H3,(H,16,19). The van der Waals surface area contributed by atoms with Gasteiger partial charge in [0.1, 0.15) is 0 Å². The van der Waals surface area contributed by atoms with Crippen molar-refractivity contribution in [1.82, 2.24) is 10.6 Å². The van der Waals surface area contributed by atoms with Crippen molar-refractivity contribution >= 4 is 23.2 Å². The largest absolute Gasteiger partial charge is 0.364 e.